The summed E-state index contributed by atoms with van der Waals surface area (Å²) in [7, 11) is -0.472. The van der Waals surface area contributed by atoms with Gasteiger partial charge in [0.1, 0.15) is 0 Å². The zero-order chi connectivity index (χ0) is 19.9. The lowest BCUT2D eigenvalue weighted by Crippen LogP contribution is -2.48. The second-order valence-electron chi connectivity index (χ2n) is 8.78. The minimum absolute atomic E-state index is 0.292. The van der Waals surface area contributed by atoms with E-state index in [1.165, 1.54) is 4.90 Å². The lowest BCUT2D eigenvalue weighted by atomic mass is 9.78. The molecule has 2 rings (SSSR count). The molecule has 0 aromatic heterocycles. The zero-order valence-electron chi connectivity index (χ0n) is 16.7. The number of carboxylic acid groups (broad SMARTS) is 1. The molecule has 1 heterocycles. The van der Waals surface area contributed by atoms with Gasteiger partial charge in [0.15, 0.2) is 0 Å². The Morgan fingerprint density at radius 2 is 1.58 bits per heavy atom. The van der Waals surface area contributed by atoms with Crippen LogP contribution in [-0.2, 0) is 9.31 Å². The van der Waals surface area contributed by atoms with E-state index in [1.54, 1.807) is 0 Å². The Hall–Kier alpha value is -1.57. The quantitative estimate of drug-likeness (QED) is 0.805. The van der Waals surface area contributed by atoms with Gasteiger partial charge in [-0.3, -0.25) is 4.90 Å². The molecular weight excluding hydrogens is 333 g/mol. The fourth-order valence-electron chi connectivity index (χ4n) is 3.08. The van der Waals surface area contributed by atoms with Gasteiger partial charge in [-0.2, -0.15) is 0 Å². The van der Waals surface area contributed by atoms with Crippen LogP contribution in [0.25, 0.3) is 0 Å². The van der Waals surface area contributed by atoms with Crippen LogP contribution in [0.2, 0.25) is 0 Å². The van der Waals surface area contributed by atoms with Gasteiger partial charge in [0, 0.05) is 5.54 Å². The first kappa shape index (κ1) is 20.7. The first-order chi connectivity index (χ1) is 11.8. The topological polar surface area (TPSA) is 79.2 Å². The molecule has 1 saturated heterocycles. The SMILES string of the molecule is CC(C)(C)N(C(=O)O)[C@@H](CO)c1ccc(B2OC(C)(C)C(C)(C)O2)cc1. The van der Waals surface area contributed by atoms with Gasteiger partial charge in [0.2, 0.25) is 0 Å². The summed E-state index contributed by atoms with van der Waals surface area (Å²) in [6, 6.07) is 6.73. The van der Waals surface area contributed by atoms with E-state index in [1.807, 2.05) is 72.7 Å². The lowest BCUT2D eigenvalue weighted by Gasteiger charge is -2.39. The first-order valence-corrected chi connectivity index (χ1v) is 8.89. The molecule has 26 heavy (non-hydrogen) atoms. The third-order valence-electron chi connectivity index (χ3n) is 5.26. The maximum Gasteiger partial charge on any atom is 0.494 e. The molecule has 6 nitrogen and oxygen atoms in total. The largest absolute Gasteiger partial charge is 0.494 e. The predicted octanol–water partition coefficient (Wildman–Crippen LogP) is 2.80. The minimum atomic E-state index is -1.06. The molecule has 0 spiro atoms. The van der Waals surface area contributed by atoms with Gasteiger partial charge in [0.25, 0.3) is 0 Å². The lowest BCUT2D eigenvalue weighted by molar-refractivity contribution is 0.00578. The Morgan fingerprint density at radius 3 is 1.92 bits per heavy atom. The number of aliphatic hydroxyl groups excluding tert-OH is 1. The summed E-state index contributed by atoms with van der Waals surface area (Å²) in [6.07, 6.45) is -1.06. The van der Waals surface area contributed by atoms with Crippen LogP contribution in [0.15, 0.2) is 24.3 Å². The van der Waals surface area contributed by atoms with E-state index in [9.17, 15) is 15.0 Å². The maximum absolute atomic E-state index is 11.7. The van der Waals surface area contributed by atoms with Crippen molar-refractivity contribution in [3.8, 4) is 0 Å². The molecular formula is C19H30BNO5. The number of hydrogen-bond acceptors (Lipinski definition) is 4. The fourth-order valence-corrected chi connectivity index (χ4v) is 3.08. The van der Waals surface area contributed by atoms with Gasteiger partial charge in [-0.25, -0.2) is 4.79 Å². The number of carbonyl (C=O) groups is 1. The van der Waals surface area contributed by atoms with Crippen molar-refractivity contribution in [1.29, 1.82) is 0 Å². The van der Waals surface area contributed by atoms with E-state index in [0.29, 0.717) is 0 Å². The van der Waals surface area contributed by atoms with Crippen LogP contribution in [0, 0.1) is 0 Å². The van der Waals surface area contributed by atoms with E-state index in [4.69, 9.17) is 9.31 Å². The van der Waals surface area contributed by atoms with Crippen molar-refractivity contribution in [2.45, 2.75) is 71.2 Å². The van der Waals surface area contributed by atoms with Crippen molar-refractivity contribution < 1.29 is 24.3 Å². The molecule has 0 aliphatic carbocycles. The van der Waals surface area contributed by atoms with Crippen LogP contribution in [0.5, 0.6) is 0 Å². The Morgan fingerprint density at radius 1 is 1.12 bits per heavy atom. The van der Waals surface area contributed by atoms with Crippen LogP contribution in [0.1, 0.15) is 60.1 Å². The first-order valence-electron chi connectivity index (χ1n) is 8.89. The molecule has 1 aliphatic heterocycles. The maximum atomic E-state index is 11.7. The average molecular weight is 363 g/mol. The smallest absolute Gasteiger partial charge is 0.465 e. The summed E-state index contributed by atoms with van der Waals surface area (Å²) in [5, 5.41) is 19.4. The summed E-state index contributed by atoms with van der Waals surface area (Å²) in [4.78, 5) is 13.0. The third kappa shape index (κ3) is 3.90. The number of hydrogen-bond donors (Lipinski definition) is 2. The van der Waals surface area contributed by atoms with Crippen LogP contribution in [0.3, 0.4) is 0 Å². The van der Waals surface area contributed by atoms with Crippen molar-refractivity contribution in [1.82, 2.24) is 4.90 Å². The summed E-state index contributed by atoms with van der Waals surface area (Å²) >= 11 is 0. The Labute approximate surface area is 156 Å². The Bertz CT molecular complexity index is 635. The predicted molar refractivity (Wildman–Crippen MR) is 102 cm³/mol. The molecule has 1 aromatic carbocycles. The number of rotatable bonds is 4. The molecule has 0 unspecified atom stereocenters. The highest BCUT2D eigenvalue weighted by Gasteiger charge is 2.51. The van der Waals surface area contributed by atoms with Gasteiger partial charge < -0.3 is 19.5 Å². The summed E-state index contributed by atoms with van der Waals surface area (Å²) in [5.74, 6) is 0. The standard InChI is InChI=1S/C19H30BNO5/c1-17(2,3)21(16(23)24)15(12-22)13-8-10-14(11-9-13)20-25-18(4,5)19(6,7)26-20/h8-11,15,22H,12H2,1-7H3,(H,23,24)/t15-/m0/s1. The highest BCUT2D eigenvalue weighted by atomic mass is 16.7. The van der Waals surface area contributed by atoms with E-state index in [-0.39, 0.29) is 6.61 Å². The number of amides is 1. The van der Waals surface area contributed by atoms with Crippen LogP contribution < -0.4 is 5.46 Å². The molecule has 1 fully saturated rings. The molecule has 1 atom stereocenters. The Kier molecular flexibility index (Phi) is 5.48. The van der Waals surface area contributed by atoms with E-state index >= 15 is 0 Å². The second-order valence-corrected chi connectivity index (χ2v) is 8.78. The van der Waals surface area contributed by atoms with Gasteiger partial charge in [-0.1, -0.05) is 24.3 Å². The van der Waals surface area contributed by atoms with E-state index in [0.717, 1.165) is 11.0 Å². The normalized spacial score (nSPS) is 20.1. The van der Waals surface area contributed by atoms with Crippen LogP contribution in [0.4, 0.5) is 4.79 Å². The molecule has 7 heteroatoms. The fraction of sp³-hybridized carbons (Fsp3) is 0.632. The van der Waals surface area contributed by atoms with Crippen molar-refractivity contribution in [3.05, 3.63) is 29.8 Å². The molecule has 1 aromatic rings. The average Bonchev–Trinajstić information content (AvgIpc) is 2.71. The van der Waals surface area contributed by atoms with Gasteiger partial charge in [-0.05, 0) is 59.5 Å². The van der Waals surface area contributed by atoms with Gasteiger partial charge in [-0.15, -0.1) is 0 Å². The molecule has 0 bridgehead atoms. The zero-order valence-corrected chi connectivity index (χ0v) is 16.7. The Balaban J connectivity index is 2.27. The van der Waals surface area contributed by atoms with Crippen molar-refractivity contribution in [2.75, 3.05) is 6.61 Å². The number of benzene rings is 1. The van der Waals surface area contributed by atoms with Gasteiger partial charge >= 0.3 is 13.2 Å². The van der Waals surface area contributed by atoms with Crippen molar-refractivity contribution >= 4 is 18.7 Å². The monoisotopic (exact) mass is 363 g/mol. The highest BCUT2D eigenvalue weighted by Crippen LogP contribution is 2.36. The van der Waals surface area contributed by atoms with Gasteiger partial charge in [0.05, 0.1) is 23.9 Å². The molecule has 2 N–H and O–H groups in total. The van der Waals surface area contributed by atoms with E-state index in [2.05, 4.69) is 0 Å². The summed E-state index contributed by atoms with van der Waals surface area (Å²) in [5.41, 5.74) is 0.114. The summed E-state index contributed by atoms with van der Waals surface area (Å²) < 4.78 is 12.1. The molecule has 0 saturated carbocycles. The van der Waals surface area contributed by atoms with Crippen molar-refractivity contribution in [2.24, 2.45) is 0 Å². The molecule has 144 valence electrons. The second kappa shape index (κ2) is 6.87. The molecule has 0 radical (unpaired) electrons. The van der Waals surface area contributed by atoms with Crippen LogP contribution >= 0.6 is 0 Å². The molecule has 1 aliphatic rings. The number of nitrogens with zero attached hydrogens (tertiary/aromatic N) is 1. The highest BCUT2D eigenvalue weighted by molar-refractivity contribution is 6.62. The number of aliphatic hydroxyl groups is 1. The summed E-state index contributed by atoms with van der Waals surface area (Å²) in [6.45, 7) is 13.1. The molecule has 1 amide bonds. The van der Waals surface area contributed by atoms with Crippen molar-refractivity contribution in [3.63, 3.8) is 0 Å². The van der Waals surface area contributed by atoms with E-state index < -0.39 is 36.0 Å². The third-order valence-corrected chi connectivity index (χ3v) is 5.26. The van der Waals surface area contributed by atoms with Crippen LogP contribution in [-0.4, -0.2) is 51.7 Å². The minimum Gasteiger partial charge on any atom is -0.465 e.